The molecule has 1 unspecified atom stereocenters. The normalized spacial score (nSPS) is 14.8. The van der Waals surface area contributed by atoms with E-state index in [1.54, 1.807) is 0 Å². The molecule has 1 rings (SSSR count). The van der Waals surface area contributed by atoms with E-state index < -0.39 is 10.9 Å². The monoisotopic (exact) mass is 268 g/mol. The van der Waals surface area contributed by atoms with Crippen LogP contribution in [-0.4, -0.2) is 19.5 Å². The van der Waals surface area contributed by atoms with Crippen molar-refractivity contribution in [2.24, 2.45) is 0 Å². The van der Waals surface area contributed by atoms with Gasteiger partial charge >= 0.3 is 4.83 Å². The van der Waals surface area contributed by atoms with Gasteiger partial charge in [-0.3, -0.25) is 0 Å². The fraction of sp³-hybridized carbons (Fsp3) is 0.625. The summed E-state index contributed by atoms with van der Waals surface area (Å²) in [4.78, 5) is 0.393. The lowest BCUT2D eigenvalue weighted by molar-refractivity contribution is -0.0338. The van der Waals surface area contributed by atoms with Gasteiger partial charge < -0.3 is 9.67 Å². The van der Waals surface area contributed by atoms with Crippen LogP contribution >= 0.6 is 15.9 Å². The summed E-state index contributed by atoms with van der Waals surface area (Å²) in [6.07, 6.45) is 0.773. The highest BCUT2D eigenvalue weighted by molar-refractivity contribution is 9.10. The van der Waals surface area contributed by atoms with Gasteiger partial charge in [0, 0.05) is 6.04 Å². The van der Waals surface area contributed by atoms with E-state index in [2.05, 4.69) is 20.9 Å². The van der Waals surface area contributed by atoms with Crippen LogP contribution in [-0.2, 0) is 0 Å². The highest BCUT2D eigenvalue weighted by Crippen LogP contribution is 2.36. The first-order valence-electron chi connectivity index (χ1n) is 4.10. The minimum absolute atomic E-state index is 0.0167. The smallest absolute Gasteiger partial charge is 0.332 e. The summed E-state index contributed by atoms with van der Waals surface area (Å²) in [5, 5.41) is 9.32. The lowest BCUT2D eigenvalue weighted by atomic mass is 10.2. The Bertz CT molecular complexity index is 309. The van der Waals surface area contributed by atoms with Gasteiger partial charge in [-0.2, -0.15) is 8.78 Å². The molecular formula is C8H11BrF2N2O. The number of hydrogen-bond donors (Lipinski definition) is 1. The van der Waals surface area contributed by atoms with Crippen LogP contribution < -0.4 is 0 Å². The molecule has 0 spiro atoms. The maximum absolute atomic E-state index is 12.7. The van der Waals surface area contributed by atoms with Crippen LogP contribution in [0.5, 0.6) is 0 Å². The predicted molar refractivity (Wildman–Crippen MR) is 51.4 cm³/mol. The lowest BCUT2D eigenvalue weighted by Gasteiger charge is -2.19. The van der Waals surface area contributed by atoms with Crippen molar-refractivity contribution in [3.05, 3.63) is 18.2 Å². The van der Waals surface area contributed by atoms with E-state index >= 15 is 0 Å². The summed E-state index contributed by atoms with van der Waals surface area (Å²) >= 11 is 2.12. The second kappa shape index (κ2) is 3.94. The summed E-state index contributed by atoms with van der Waals surface area (Å²) < 4.78 is 27.0. The van der Waals surface area contributed by atoms with Gasteiger partial charge in [0.15, 0.2) is 6.10 Å². The topological polar surface area (TPSA) is 38.0 Å². The van der Waals surface area contributed by atoms with Gasteiger partial charge in [-0.05, 0) is 29.8 Å². The van der Waals surface area contributed by atoms with Crippen molar-refractivity contribution in [2.45, 2.75) is 30.8 Å². The van der Waals surface area contributed by atoms with Crippen LogP contribution in [0.15, 0.2) is 12.5 Å². The van der Waals surface area contributed by atoms with Crippen LogP contribution in [0, 0.1) is 0 Å². The number of aromatic nitrogens is 2. The number of alkyl halides is 3. The molecule has 1 N–H and O–H groups in total. The molecule has 0 bridgehead atoms. The summed E-state index contributed by atoms with van der Waals surface area (Å²) in [6, 6.07) is -0.0167. The van der Waals surface area contributed by atoms with Crippen LogP contribution in [0.3, 0.4) is 0 Å². The highest BCUT2D eigenvalue weighted by atomic mass is 79.9. The molecule has 3 nitrogen and oxygen atoms in total. The van der Waals surface area contributed by atoms with Crippen LogP contribution in [0.2, 0.25) is 0 Å². The summed E-state index contributed by atoms with van der Waals surface area (Å²) in [5.41, 5.74) is 0.0990. The van der Waals surface area contributed by atoms with Crippen molar-refractivity contribution < 1.29 is 13.9 Å². The Morgan fingerprint density at radius 2 is 2.14 bits per heavy atom. The molecule has 1 heterocycles. The van der Waals surface area contributed by atoms with E-state index in [-0.39, 0.29) is 11.7 Å². The molecule has 0 aliphatic heterocycles. The third-order valence-corrected chi connectivity index (χ3v) is 2.28. The molecule has 0 radical (unpaired) electrons. The Kier molecular flexibility index (Phi) is 3.26. The maximum Gasteiger partial charge on any atom is 0.332 e. The van der Waals surface area contributed by atoms with Crippen LogP contribution in [0.4, 0.5) is 8.78 Å². The molecule has 1 aromatic heterocycles. The molecular weight excluding hydrogens is 258 g/mol. The molecule has 0 aliphatic carbocycles. The second-order valence-corrected chi connectivity index (χ2v) is 4.32. The number of aliphatic hydroxyl groups excluding tert-OH is 1. The fourth-order valence-electron chi connectivity index (χ4n) is 1.13. The summed E-state index contributed by atoms with van der Waals surface area (Å²) in [7, 11) is 0. The zero-order chi connectivity index (χ0) is 10.9. The fourth-order valence-corrected chi connectivity index (χ4v) is 1.36. The molecule has 6 heteroatoms. The minimum Gasteiger partial charge on any atom is -0.380 e. The van der Waals surface area contributed by atoms with E-state index in [1.165, 1.54) is 17.1 Å². The Balaban J connectivity index is 3.01. The Morgan fingerprint density at radius 3 is 2.57 bits per heavy atom. The average Bonchev–Trinajstić information content (AvgIpc) is 2.48. The molecule has 1 atom stereocenters. The van der Waals surface area contributed by atoms with Gasteiger partial charge in [0.05, 0.1) is 18.2 Å². The van der Waals surface area contributed by atoms with Crippen molar-refractivity contribution in [2.75, 3.05) is 0 Å². The number of hydrogen-bond acceptors (Lipinski definition) is 2. The third-order valence-electron chi connectivity index (χ3n) is 1.84. The van der Waals surface area contributed by atoms with Gasteiger partial charge in [0.2, 0.25) is 0 Å². The van der Waals surface area contributed by atoms with Gasteiger partial charge in [-0.25, -0.2) is 4.98 Å². The van der Waals surface area contributed by atoms with Crippen molar-refractivity contribution in [3.63, 3.8) is 0 Å². The summed E-state index contributed by atoms with van der Waals surface area (Å²) in [6.45, 7) is 3.65. The largest absolute Gasteiger partial charge is 0.380 e. The Hall–Kier alpha value is -0.490. The summed E-state index contributed by atoms with van der Waals surface area (Å²) in [5.74, 6) is 0. The molecule has 0 amide bonds. The minimum atomic E-state index is -3.33. The van der Waals surface area contributed by atoms with Crippen molar-refractivity contribution >= 4 is 15.9 Å². The molecule has 1 aromatic rings. The van der Waals surface area contributed by atoms with E-state index in [0.29, 0.717) is 0 Å². The van der Waals surface area contributed by atoms with Gasteiger partial charge in [0.1, 0.15) is 0 Å². The SMILES string of the molecule is CC(C)n1cncc1C(O)C(F)(F)Br. The van der Waals surface area contributed by atoms with Crippen LogP contribution in [0.25, 0.3) is 0 Å². The first-order chi connectivity index (χ1) is 6.34. The molecule has 0 aliphatic rings. The van der Waals surface area contributed by atoms with Crippen molar-refractivity contribution in [1.82, 2.24) is 9.55 Å². The van der Waals surface area contributed by atoms with Crippen molar-refractivity contribution in [3.8, 4) is 0 Å². The molecule has 0 aromatic carbocycles. The quantitative estimate of drug-likeness (QED) is 0.856. The van der Waals surface area contributed by atoms with Gasteiger partial charge in [-0.1, -0.05) is 0 Å². The maximum atomic E-state index is 12.7. The van der Waals surface area contributed by atoms with Gasteiger partial charge in [-0.15, -0.1) is 0 Å². The van der Waals surface area contributed by atoms with E-state index in [9.17, 15) is 13.9 Å². The first-order valence-corrected chi connectivity index (χ1v) is 4.90. The number of aliphatic hydroxyl groups is 1. The Labute approximate surface area is 88.9 Å². The Morgan fingerprint density at radius 1 is 1.57 bits per heavy atom. The molecule has 80 valence electrons. The van der Waals surface area contributed by atoms with Crippen LogP contribution in [0.1, 0.15) is 31.7 Å². The molecule has 0 fully saturated rings. The zero-order valence-corrected chi connectivity index (χ0v) is 9.37. The standard InChI is InChI=1S/C8H11BrF2N2O/c1-5(2)13-4-12-3-6(13)7(14)8(9,10)11/h3-5,7,14H,1-2H3. The predicted octanol–water partition coefficient (Wildman–Crippen LogP) is 2.49. The number of halogens is 3. The zero-order valence-electron chi connectivity index (χ0n) is 7.78. The van der Waals surface area contributed by atoms with Crippen molar-refractivity contribution in [1.29, 1.82) is 0 Å². The molecule has 14 heavy (non-hydrogen) atoms. The van der Waals surface area contributed by atoms with E-state index in [4.69, 9.17) is 0 Å². The lowest BCUT2D eigenvalue weighted by Crippen LogP contribution is -2.21. The van der Waals surface area contributed by atoms with E-state index in [1.807, 2.05) is 13.8 Å². The van der Waals surface area contributed by atoms with Gasteiger partial charge in [0.25, 0.3) is 0 Å². The van der Waals surface area contributed by atoms with E-state index in [0.717, 1.165) is 0 Å². The second-order valence-electron chi connectivity index (χ2n) is 3.26. The average molecular weight is 269 g/mol. The third kappa shape index (κ3) is 2.30. The number of nitrogens with zero attached hydrogens (tertiary/aromatic N) is 2. The highest BCUT2D eigenvalue weighted by Gasteiger charge is 2.38. The molecule has 0 saturated heterocycles. The molecule has 0 saturated carbocycles. The number of imidazole rings is 1. The first kappa shape index (κ1) is 11.6. The number of rotatable bonds is 3.